The minimum Gasteiger partial charge on any atom is -0.456 e. The average molecular weight is 284 g/mol. The summed E-state index contributed by atoms with van der Waals surface area (Å²) in [7, 11) is 1.83. The van der Waals surface area contributed by atoms with Gasteiger partial charge >= 0.3 is 0 Å². The van der Waals surface area contributed by atoms with Crippen LogP contribution in [0.5, 0.6) is 11.5 Å². The third kappa shape index (κ3) is 3.66. The zero-order chi connectivity index (χ0) is 13.8. The van der Waals surface area contributed by atoms with E-state index in [2.05, 4.69) is 5.32 Å². The van der Waals surface area contributed by atoms with Crippen LogP contribution in [0.2, 0.25) is 5.02 Å². The summed E-state index contributed by atoms with van der Waals surface area (Å²) in [4.78, 5) is 0. The molecule has 0 bridgehead atoms. The highest BCUT2D eigenvalue weighted by Gasteiger charge is 2.07. The van der Waals surface area contributed by atoms with Gasteiger partial charge in [0, 0.05) is 24.7 Å². The highest BCUT2D eigenvalue weighted by molar-refractivity contribution is 6.32. The van der Waals surface area contributed by atoms with E-state index in [0.29, 0.717) is 17.3 Å². The molecule has 2 nitrogen and oxygen atoms in total. The van der Waals surface area contributed by atoms with Crippen molar-refractivity contribution in [2.45, 2.75) is 6.54 Å². The van der Waals surface area contributed by atoms with E-state index in [0.717, 1.165) is 23.8 Å². The first-order chi connectivity index (χ1) is 9.08. The van der Waals surface area contributed by atoms with Crippen molar-refractivity contribution in [2.24, 2.45) is 0 Å². The van der Waals surface area contributed by atoms with Crippen molar-refractivity contribution >= 4 is 11.6 Å². The lowest BCUT2D eigenvalue weighted by molar-refractivity contribution is 0.468. The van der Waals surface area contributed by atoms with Crippen LogP contribution in [0.4, 0.5) is 8.78 Å². The van der Waals surface area contributed by atoms with Gasteiger partial charge in [0.1, 0.15) is 23.1 Å². The molecule has 0 aliphatic heterocycles. The van der Waals surface area contributed by atoms with Gasteiger partial charge in [0.05, 0.1) is 5.02 Å². The SMILES string of the molecule is CNCc1ccc(Oc2cc(F)cc(F)c2)c(Cl)c1. The molecule has 0 radical (unpaired) electrons. The first-order valence-electron chi connectivity index (χ1n) is 5.65. The molecule has 0 aliphatic carbocycles. The Hall–Kier alpha value is -1.65. The summed E-state index contributed by atoms with van der Waals surface area (Å²) in [6.07, 6.45) is 0. The second-order valence-electron chi connectivity index (χ2n) is 4.00. The maximum atomic E-state index is 13.0. The Kier molecular flexibility index (Phi) is 4.35. The predicted octanol–water partition coefficient (Wildman–Crippen LogP) is 4.13. The summed E-state index contributed by atoms with van der Waals surface area (Å²) in [6, 6.07) is 8.21. The Bertz CT molecular complexity index is 569. The zero-order valence-corrected chi connectivity index (χ0v) is 11.0. The van der Waals surface area contributed by atoms with Crippen molar-refractivity contribution in [1.29, 1.82) is 0 Å². The van der Waals surface area contributed by atoms with Crippen LogP contribution in [0.15, 0.2) is 36.4 Å². The minimum atomic E-state index is -0.696. The van der Waals surface area contributed by atoms with Gasteiger partial charge < -0.3 is 10.1 Å². The van der Waals surface area contributed by atoms with E-state index in [-0.39, 0.29) is 5.75 Å². The molecular weight excluding hydrogens is 272 g/mol. The number of halogens is 3. The van der Waals surface area contributed by atoms with Crippen molar-refractivity contribution in [3.8, 4) is 11.5 Å². The lowest BCUT2D eigenvalue weighted by Gasteiger charge is -2.09. The van der Waals surface area contributed by atoms with Gasteiger partial charge in [0.25, 0.3) is 0 Å². The highest BCUT2D eigenvalue weighted by atomic mass is 35.5. The van der Waals surface area contributed by atoms with Crippen molar-refractivity contribution in [3.05, 3.63) is 58.6 Å². The Morgan fingerprint density at radius 2 is 1.79 bits per heavy atom. The van der Waals surface area contributed by atoms with Gasteiger partial charge in [-0.15, -0.1) is 0 Å². The number of benzene rings is 2. The number of nitrogens with one attached hydrogen (secondary N) is 1. The summed E-state index contributed by atoms with van der Waals surface area (Å²) in [5.41, 5.74) is 0.991. The molecule has 2 rings (SSSR count). The van der Waals surface area contributed by atoms with E-state index in [1.165, 1.54) is 0 Å². The maximum absolute atomic E-state index is 13.0. The van der Waals surface area contributed by atoms with Crippen molar-refractivity contribution < 1.29 is 13.5 Å². The average Bonchev–Trinajstić information content (AvgIpc) is 2.32. The molecule has 0 fully saturated rings. The summed E-state index contributed by atoms with van der Waals surface area (Å²) < 4.78 is 31.4. The van der Waals surface area contributed by atoms with Gasteiger partial charge in [-0.1, -0.05) is 17.7 Å². The quantitative estimate of drug-likeness (QED) is 0.911. The van der Waals surface area contributed by atoms with E-state index >= 15 is 0 Å². The first-order valence-corrected chi connectivity index (χ1v) is 6.03. The monoisotopic (exact) mass is 283 g/mol. The molecule has 0 amide bonds. The first kappa shape index (κ1) is 13.8. The second kappa shape index (κ2) is 5.99. The highest BCUT2D eigenvalue weighted by Crippen LogP contribution is 2.30. The molecule has 19 heavy (non-hydrogen) atoms. The lowest BCUT2D eigenvalue weighted by Crippen LogP contribution is -2.04. The normalized spacial score (nSPS) is 10.5. The van der Waals surface area contributed by atoms with Gasteiger partial charge in [-0.3, -0.25) is 0 Å². The van der Waals surface area contributed by atoms with Gasteiger partial charge in [-0.2, -0.15) is 0 Å². The van der Waals surface area contributed by atoms with Crippen molar-refractivity contribution in [2.75, 3.05) is 7.05 Å². The molecule has 2 aromatic rings. The fourth-order valence-electron chi connectivity index (χ4n) is 1.66. The van der Waals surface area contributed by atoms with Crippen molar-refractivity contribution in [1.82, 2.24) is 5.32 Å². The van der Waals surface area contributed by atoms with Crippen LogP contribution in [0, 0.1) is 11.6 Å². The van der Waals surface area contributed by atoms with Crippen LogP contribution < -0.4 is 10.1 Å². The van der Waals surface area contributed by atoms with Crippen LogP contribution in [0.1, 0.15) is 5.56 Å². The smallest absolute Gasteiger partial charge is 0.146 e. The summed E-state index contributed by atoms with van der Waals surface area (Å²) in [5, 5.41) is 3.38. The minimum absolute atomic E-state index is 0.0702. The second-order valence-corrected chi connectivity index (χ2v) is 4.41. The van der Waals surface area contributed by atoms with E-state index in [4.69, 9.17) is 16.3 Å². The van der Waals surface area contributed by atoms with Crippen LogP contribution in [-0.4, -0.2) is 7.05 Å². The van der Waals surface area contributed by atoms with E-state index < -0.39 is 11.6 Å². The third-order valence-electron chi connectivity index (χ3n) is 2.44. The van der Waals surface area contributed by atoms with Gasteiger partial charge in [0.2, 0.25) is 0 Å². The van der Waals surface area contributed by atoms with Crippen LogP contribution >= 0.6 is 11.6 Å². The molecule has 0 spiro atoms. The Morgan fingerprint density at radius 3 is 2.37 bits per heavy atom. The van der Waals surface area contributed by atoms with Crippen LogP contribution in [0.25, 0.3) is 0 Å². The molecule has 0 unspecified atom stereocenters. The standard InChI is InChI=1S/C14H12ClF2NO/c1-18-8-9-2-3-14(13(15)4-9)19-12-6-10(16)5-11(17)7-12/h2-7,18H,8H2,1H3. The lowest BCUT2D eigenvalue weighted by atomic mass is 10.2. The molecule has 2 aromatic carbocycles. The topological polar surface area (TPSA) is 21.3 Å². The molecule has 100 valence electrons. The van der Waals surface area contributed by atoms with Gasteiger partial charge in [0.15, 0.2) is 0 Å². The largest absolute Gasteiger partial charge is 0.456 e. The molecule has 0 saturated heterocycles. The summed E-state index contributed by atoms with van der Waals surface area (Å²) in [5.74, 6) is -0.969. The number of hydrogen-bond donors (Lipinski definition) is 1. The predicted molar refractivity (Wildman–Crippen MR) is 70.6 cm³/mol. The van der Waals surface area contributed by atoms with Gasteiger partial charge in [-0.25, -0.2) is 8.78 Å². The van der Waals surface area contributed by atoms with Crippen LogP contribution in [0.3, 0.4) is 0 Å². The molecule has 1 N–H and O–H groups in total. The number of hydrogen-bond acceptors (Lipinski definition) is 2. The third-order valence-corrected chi connectivity index (χ3v) is 2.74. The van der Waals surface area contributed by atoms with E-state index in [1.54, 1.807) is 12.1 Å². The van der Waals surface area contributed by atoms with E-state index in [1.807, 2.05) is 13.1 Å². The number of ether oxygens (including phenoxy) is 1. The molecular formula is C14H12ClF2NO. The molecule has 0 aromatic heterocycles. The zero-order valence-electron chi connectivity index (χ0n) is 10.2. The maximum Gasteiger partial charge on any atom is 0.146 e. The fraction of sp³-hybridized carbons (Fsp3) is 0.143. The molecule has 0 heterocycles. The molecule has 0 saturated carbocycles. The van der Waals surface area contributed by atoms with Crippen LogP contribution in [-0.2, 0) is 6.54 Å². The molecule has 5 heteroatoms. The Balaban J connectivity index is 2.23. The Labute approximate surface area is 115 Å². The molecule has 0 atom stereocenters. The molecule has 0 aliphatic rings. The number of rotatable bonds is 4. The summed E-state index contributed by atoms with van der Waals surface area (Å²) in [6.45, 7) is 0.675. The van der Waals surface area contributed by atoms with Crippen molar-refractivity contribution in [3.63, 3.8) is 0 Å². The summed E-state index contributed by atoms with van der Waals surface area (Å²) >= 11 is 6.05. The van der Waals surface area contributed by atoms with Gasteiger partial charge in [-0.05, 0) is 24.7 Å². The Morgan fingerprint density at radius 1 is 1.11 bits per heavy atom. The fourth-order valence-corrected chi connectivity index (χ4v) is 1.90. The van der Waals surface area contributed by atoms with E-state index in [9.17, 15) is 8.78 Å².